The van der Waals surface area contributed by atoms with Crippen LogP contribution in [-0.4, -0.2) is 5.91 Å². The van der Waals surface area contributed by atoms with Crippen molar-refractivity contribution in [2.45, 2.75) is 19.9 Å². The summed E-state index contributed by atoms with van der Waals surface area (Å²) < 4.78 is 0. The number of nitrogens with one attached hydrogen (secondary N) is 2. The summed E-state index contributed by atoms with van der Waals surface area (Å²) in [5.41, 5.74) is 2.65. The van der Waals surface area contributed by atoms with E-state index in [0.29, 0.717) is 23.0 Å². The lowest BCUT2D eigenvalue weighted by Crippen LogP contribution is -2.09. The predicted octanol–water partition coefficient (Wildman–Crippen LogP) is 4.95. The molecule has 2 aromatic rings. The predicted molar refractivity (Wildman–Crippen MR) is 89.2 cm³/mol. The molecule has 1 amide bonds. The Morgan fingerprint density at radius 1 is 1.10 bits per heavy atom. The van der Waals surface area contributed by atoms with Gasteiger partial charge in [-0.1, -0.05) is 42.3 Å². The molecule has 0 saturated heterocycles. The summed E-state index contributed by atoms with van der Waals surface area (Å²) >= 11 is 12.0. The number of rotatable bonds is 5. The minimum Gasteiger partial charge on any atom is -0.381 e. The van der Waals surface area contributed by atoms with E-state index in [0.717, 1.165) is 16.9 Å². The maximum atomic E-state index is 11.4. The lowest BCUT2D eigenvalue weighted by atomic mass is 10.2. The smallest absolute Gasteiger partial charge is 0.224 e. The van der Waals surface area contributed by atoms with Gasteiger partial charge in [-0.05, 0) is 35.9 Å². The molecule has 5 heteroatoms. The topological polar surface area (TPSA) is 41.1 Å². The Morgan fingerprint density at radius 3 is 2.57 bits per heavy atom. The van der Waals surface area contributed by atoms with Crippen LogP contribution in [-0.2, 0) is 11.3 Å². The number of carbonyl (C=O) groups excluding carboxylic acids is 1. The van der Waals surface area contributed by atoms with Crippen LogP contribution in [0.2, 0.25) is 10.0 Å². The van der Waals surface area contributed by atoms with Gasteiger partial charge in [-0.2, -0.15) is 0 Å². The first kappa shape index (κ1) is 15.7. The van der Waals surface area contributed by atoms with Gasteiger partial charge in [0.25, 0.3) is 0 Å². The van der Waals surface area contributed by atoms with Gasteiger partial charge in [0.1, 0.15) is 0 Å². The molecule has 110 valence electrons. The van der Waals surface area contributed by atoms with E-state index in [1.165, 1.54) is 0 Å². The average molecular weight is 323 g/mol. The zero-order chi connectivity index (χ0) is 15.2. The highest BCUT2D eigenvalue weighted by molar-refractivity contribution is 6.35. The Labute approximate surface area is 134 Å². The van der Waals surface area contributed by atoms with Crippen LogP contribution in [0.1, 0.15) is 18.9 Å². The zero-order valence-corrected chi connectivity index (χ0v) is 13.1. The number of halogens is 2. The van der Waals surface area contributed by atoms with Crippen molar-refractivity contribution in [3.8, 4) is 0 Å². The second kappa shape index (κ2) is 7.34. The van der Waals surface area contributed by atoms with Gasteiger partial charge in [0.2, 0.25) is 5.91 Å². The summed E-state index contributed by atoms with van der Waals surface area (Å²) in [6, 6.07) is 13.0. The van der Waals surface area contributed by atoms with Crippen molar-refractivity contribution in [1.82, 2.24) is 0 Å². The molecule has 0 unspecified atom stereocenters. The van der Waals surface area contributed by atoms with Gasteiger partial charge in [-0.3, -0.25) is 4.79 Å². The number of anilines is 2. The van der Waals surface area contributed by atoms with Gasteiger partial charge < -0.3 is 10.6 Å². The highest BCUT2D eigenvalue weighted by Gasteiger charge is 2.03. The maximum Gasteiger partial charge on any atom is 0.224 e. The molecule has 0 fully saturated rings. The Balaban J connectivity index is 2.03. The van der Waals surface area contributed by atoms with E-state index in [1.54, 1.807) is 6.07 Å². The number of hydrogen-bond donors (Lipinski definition) is 2. The van der Waals surface area contributed by atoms with Crippen molar-refractivity contribution in [2.75, 3.05) is 10.6 Å². The maximum absolute atomic E-state index is 11.4. The van der Waals surface area contributed by atoms with Crippen LogP contribution in [0.4, 0.5) is 11.4 Å². The van der Waals surface area contributed by atoms with Crippen molar-refractivity contribution >= 4 is 40.5 Å². The highest BCUT2D eigenvalue weighted by atomic mass is 35.5. The van der Waals surface area contributed by atoms with E-state index in [1.807, 2.05) is 43.3 Å². The average Bonchev–Trinajstić information content (AvgIpc) is 2.46. The van der Waals surface area contributed by atoms with Crippen molar-refractivity contribution in [3.63, 3.8) is 0 Å². The number of carbonyl (C=O) groups is 1. The first-order chi connectivity index (χ1) is 10.1. The summed E-state index contributed by atoms with van der Waals surface area (Å²) in [5.74, 6) is -0.00658. The van der Waals surface area contributed by atoms with Crippen LogP contribution < -0.4 is 10.6 Å². The second-order valence-electron chi connectivity index (χ2n) is 4.57. The standard InChI is InChI=1S/C16H16Cl2N2O/c1-2-16(21)20-14-5-3-4-13(9-14)19-10-11-6-7-12(17)8-15(11)18/h3-9,19H,2,10H2,1H3,(H,20,21). The minimum atomic E-state index is -0.00658. The fourth-order valence-corrected chi connectivity index (χ4v) is 2.29. The van der Waals surface area contributed by atoms with E-state index >= 15 is 0 Å². The first-order valence-corrected chi connectivity index (χ1v) is 7.42. The van der Waals surface area contributed by atoms with E-state index in [4.69, 9.17) is 23.2 Å². The fraction of sp³-hybridized carbons (Fsp3) is 0.188. The molecule has 2 aromatic carbocycles. The summed E-state index contributed by atoms with van der Waals surface area (Å²) in [7, 11) is 0. The second-order valence-corrected chi connectivity index (χ2v) is 5.42. The Kier molecular flexibility index (Phi) is 5.48. The monoisotopic (exact) mass is 322 g/mol. The third-order valence-corrected chi connectivity index (χ3v) is 3.55. The molecule has 2 rings (SSSR count). The number of benzene rings is 2. The molecule has 0 saturated carbocycles. The molecule has 2 N–H and O–H groups in total. The van der Waals surface area contributed by atoms with Crippen LogP contribution in [0.15, 0.2) is 42.5 Å². The minimum absolute atomic E-state index is 0.00658. The van der Waals surface area contributed by atoms with E-state index in [-0.39, 0.29) is 5.91 Å². The Morgan fingerprint density at radius 2 is 1.86 bits per heavy atom. The van der Waals surface area contributed by atoms with Gasteiger partial charge in [0, 0.05) is 34.4 Å². The third kappa shape index (κ3) is 4.66. The van der Waals surface area contributed by atoms with Crippen LogP contribution in [0.5, 0.6) is 0 Å². The fourth-order valence-electron chi connectivity index (χ4n) is 1.82. The van der Waals surface area contributed by atoms with Crippen LogP contribution in [0.3, 0.4) is 0 Å². The number of amides is 1. The molecule has 0 aliphatic carbocycles. The highest BCUT2D eigenvalue weighted by Crippen LogP contribution is 2.22. The van der Waals surface area contributed by atoms with Crippen LogP contribution >= 0.6 is 23.2 Å². The quantitative estimate of drug-likeness (QED) is 0.817. The van der Waals surface area contributed by atoms with E-state index in [9.17, 15) is 4.79 Å². The molecule has 0 aromatic heterocycles. The lowest BCUT2D eigenvalue weighted by Gasteiger charge is -2.10. The molecule has 0 aliphatic rings. The Hall–Kier alpha value is -1.71. The normalized spacial score (nSPS) is 10.2. The first-order valence-electron chi connectivity index (χ1n) is 6.66. The van der Waals surface area contributed by atoms with Gasteiger partial charge in [0.05, 0.1) is 0 Å². The molecule has 0 radical (unpaired) electrons. The molecule has 0 atom stereocenters. The van der Waals surface area contributed by atoms with Crippen molar-refractivity contribution in [2.24, 2.45) is 0 Å². The SMILES string of the molecule is CCC(=O)Nc1cccc(NCc2ccc(Cl)cc2Cl)c1. The van der Waals surface area contributed by atoms with E-state index in [2.05, 4.69) is 10.6 Å². The third-order valence-electron chi connectivity index (χ3n) is 2.97. The molecule has 21 heavy (non-hydrogen) atoms. The van der Waals surface area contributed by atoms with Crippen molar-refractivity contribution in [3.05, 3.63) is 58.1 Å². The van der Waals surface area contributed by atoms with Crippen LogP contribution in [0, 0.1) is 0 Å². The molecular formula is C16H16Cl2N2O. The van der Waals surface area contributed by atoms with Gasteiger partial charge in [-0.15, -0.1) is 0 Å². The molecule has 0 aliphatic heterocycles. The lowest BCUT2D eigenvalue weighted by molar-refractivity contribution is -0.115. The molecule has 0 spiro atoms. The van der Waals surface area contributed by atoms with Gasteiger partial charge in [-0.25, -0.2) is 0 Å². The summed E-state index contributed by atoms with van der Waals surface area (Å²) in [5, 5.41) is 7.35. The summed E-state index contributed by atoms with van der Waals surface area (Å²) in [6.07, 6.45) is 0.456. The van der Waals surface area contributed by atoms with Gasteiger partial charge in [0.15, 0.2) is 0 Å². The van der Waals surface area contributed by atoms with Crippen molar-refractivity contribution in [1.29, 1.82) is 0 Å². The molecule has 0 heterocycles. The van der Waals surface area contributed by atoms with Crippen molar-refractivity contribution < 1.29 is 4.79 Å². The number of hydrogen-bond acceptors (Lipinski definition) is 2. The summed E-state index contributed by atoms with van der Waals surface area (Å²) in [4.78, 5) is 11.4. The zero-order valence-electron chi connectivity index (χ0n) is 11.6. The summed E-state index contributed by atoms with van der Waals surface area (Å²) in [6.45, 7) is 2.40. The molecule has 0 bridgehead atoms. The Bertz CT molecular complexity index is 644. The van der Waals surface area contributed by atoms with E-state index < -0.39 is 0 Å². The van der Waals surface area contributed by atoms with Crippen LogP contribution in [0.25, 0.3) is 0 Å². The van der Waals surface area contributed by atoms with Gasteiger partial charge >= 0.3 is 0 Å². The molecular weight excluding hydrogens is 307 g/mol. The molecule has 3 nitrogen and oxygen atoms in total. The largest absolute Gasteiger partial charge is 0.381 e.